The van der Waals surface area contributed by atoms with Gasteiger partial charge < -0.3 is 5.32 Å². The number of nitrogens with zero attached hydrogens (tertiary/aromatic N) is 2. The summed E-state index contributed by atoms with van der Waals surface area (Å²) in [5, 5.41) is 12.8. The summed E-state index contributed by atoms with van der Waals surface area (Å²) in [6, 6.07) is 6.08. The van der Waals surface area contributed by atoms with E-state index in [1.54, 1.807) is 0 Å². The molecule has 17 heavy (non-hydrogen) atoms. The first-order chi connectivity index (χ1) is 8.40. The Balaban J connectivity index is 2.29. The number of aromatic amines is 1. The highest BCUT2D eigenvalue weighted by Gasteiger charge is 2.07. The van der Waals surface area contributed by atoms with Crippen LogP contribution in [0.4, 0.5) is 5.69 Å². The third-order valence-corrected chi connectivity index (χ3v) is 2.89. The van der Waals surface area contributed by atoms with E-state index in [4.69, 9.17) is 0 Å². The minimum Gasteiger partial charge on any atom is -0.384 e. The molecule has 0 aliphatic heterocycles. The van der Waals surface area contributed by atoms with Crippen LogP contribution in [-0.2, 0) is 0 Å². The zero-order valence-corrected chi connectivity index (χ0v) is 9.70. The van der Waals surface area contributed by atoms with Gasteiger partial charge >= 0.3 is 0 Å². The van der Waals surface area contributed by atoms with Crippen molar-refractivity contribution in [3.8, 4) is 0 Å². The van der Waals surface area contributed by atoms with Crippen LogP contribution in [0.3, 0.4) is 0 Å². The Morgan fingerprint density at radius 3 is 3.12 bits per heavy atom. The van der Waals surface area contributed by atoms with Crippen molar-refractivity contribution in [1.82, 2.24) is 15.2 Å². The lowest BCUT2D eigenvalue weighted by Gasteiger charge is -2.08. The maximum absolute atomic E-state index is 4.39. The summed E-state index contributed by atoms with van der Waals surface area (Å²) in [6.07, 6.45) is 4.77. The Hall–Kier alpha value is -2.10. The normalized spacial score (nSPS) is 11.1. The van der Waals surface area contributed by atoms with E-state index in [0.29, 0.717) is 0 Å². The summed E-state index contributed by atoms with van der Waals surface area (Å²) in [6.45, 7) is 3.12. The molecule has 0 aliphatic carbocycles. The van der Waals surface area contributed by atoms with Gasteiger partial charge in [-0.15, -0.1) is 0 Å². The quantitative estimate of drug-likeness (QED) is 0.722. The molecule has 86 valence electrons. The predicted octanol–water partition coefficient (Wildman–Crippen LogP) is 2.93. The molecule has 2 aromatic heterocycles. The van der Waals surface area contributed by atoms with Gasteiger partial charge in [-0.2, -0.15) is 5.10 Å². The third kappa shape index (κ3) is 1.62. The number of H-pyrrole nitrogens is 1. The molecule has 3 aromatic rings. The number of rotatable bonds is 3. The number of benzene rings is 1. The van der Waals surface area contributed by atoms with Crippen molar-refractivity contribution in [2.24, 2.45) is 0 Å². The molecule has 0 atom stereocenters. The standard InChI is InChI=1S/C13H14N4/c1-2-6-14-11-5-7-15-10-4-3-9-8-16-17-13(9)12(10)11/h3-5,7-8H,2,6H2,1H3,(H,14,15)(H,16,17). The van der Waals surface area contributed by atoms with Crippen LogP contribution in [0.5, 0.6) is 0 Å². The monoisotopic (exact) mass is 226 g/mol. The van der Waals surface area contributed by atoms with Crippen LogP contribution in [0, 0.1) is 0 Å². The maximum atomic E-state index is 4.39. The molecule has 0 aliphatic rings. The van der Waals surface area contributed by atoms with Crippen molar-refractivity contribution in [2.75, 3.05) is 11.9 Å². The highest BCUT2D eigenvalue weighted by molar-refractivity contribution is 6.09. The lowest BCUT2D eigenvalue weighted by atomic mass is 10.1. The summed E-state index contributed by atoms with van der Waals surface area (Å²) in [7, 11) is 0. The fourth-order valence-corrected chi connectivity index (χ4v) is 2.06. The van der Waals surface area contributed by atoms with Gasteiger partial charge in [0, 0.05) is 29.2 Å². The summed E-state index contributed by atoms with van der Waals surface area (Å²) in [5.41, 5.74) is 3.16. The lowest BCUT2D eigenvalue weighted by Crippen LogP contribution is -2.00. The van der Waals surface area contributed by atoms with E-state index in [2.05, 4.69) is 27.4 Å². The molecule has 3 rings (SSSR count). The van der Waals surface area contributed by atoms with E-state index in [0.717, 1.165) is 40.5 Å². The minimum absolute atomic E-state index is 0.962. The number of fused-ring (bicyclic) bond motifs is 3. The number of hydrogen-bond donors (Lipinski definition) is 2. The summed E-state index contributed by atoms with van der Waals surface area (Å²) >= 11 is 0. The molecule has 0 bridgehead atoms. The number of nitrogens with one attached hydrogen (secondary N) is 2. The second kappa shape index (κ2) is 4.05. The first kappa shape index (κ1) is 10.1. The van der Waals surface area contributed by atoms with Crippen molar-refractivity contribution < 1.29 is 0 Å². The number of pyridine rings is 1. The average Bonchev–Trinajstić information content (AvgIpc) is 2.84. The zero-order valence-electron chi connectivity index (χ0n) is 9.70. The molecular weight excluding hydrogens is 212 g/mol. The van der Waals surface area contributed by atoms with Gasteiger partial charge in [0.2, 0.25) is 0 Å². The van der Waals surface area contributed by atoms with Crippen molar-refractivity contribution in [1.29, 1.82) is 0 Å². The van der Waals surface area contributed by atoms with Crippen LogP contribution in [0.15, 0.2) is 30.6 Å². The van der Waals surface area contributed by atoms with Gasteiger partial charge in [0.25, 0.3) is 0 Å². The Kier molecular flexibility index (Phi) is 2.40. The first-order valence-corrected chi connectivity index (χ1v) is 5.85. The minimum atomic E-state index is 0.962. The van der Waals surface area contributed by atoms with E-state index in [1.165, 1.54) is 0 Å². The molecule has 0 saturated heterocycles. The van der Waals surface area contributed by atoms with Crippen molar-refractivity contribution >= 4 is 27.5 Å². The smallest absolute Gasteiger partial charge is 0.0765 e. The predicted molar refractivity (Wildman–Crippen MR) is 70.2 cm³/mol. The van der Waals surface area contributed by atoms with E-state index < -0.39 is 0 Å². The van der Waals surface area contributed by atoms with Gasteiger partial charge in [-0.05, 0) is 24.6 Å². The van der Waals surface area contributed by atoms with Gasteiger partial charge in [-0.1, -0.05) is 6.92 Å². The van der Waals surface area contributed by atoms with Gasteiger partial charge in [0.05, 0.1) is 17.2 Å². The van der Waals surface area contributed by atoms with E-state index >= 15 is 0 Å². The van der Waals surface area contributed by atoms with E-state index in [1.807, 2.05) is 30.6 Å². The van der Waals surface area contributed by atoms with Gasteiger partial charge in [-0.25, -0.2) is 0 Å². The van der Waals surface area contributed by atoms with Crippen molar-refractivity contribution in [3.05, 3.63) is 30.6 Å². The van der Waals surface area contributed by atoms with Crippen LogP contribution in [-0.4, -0.2) is 21.7 Å². The Bertz CT molecular complexity index is 657. The van der Waals surface area contributed by atoms with E-state index in [-0.39, 0.29) is 0 Å². The summed E-state index contributed by atoms with van der Waals surface area (Å²) in [5.74, 6) is 0. The molecule has 1 aromatic carbocycles. The van der Waals surface area contributed by atoms with Crippen LogP contribution in [0.25, 0.3) is 21.8 Å². The largest absolute Gasteiger partial charge is 0.384 e. The molecular formula is C13H14N4. The molecule has 0 fully saturated rings. The molecule has 0 radical (unpaired) electrons. The first-order valence-electron chi connectivity index (χ1n) is 5.85. The Morgan fingerprint density at radius 2 is 2.24 bits per heavy atom. The summed E-state index contributed by atoms with van der Waals surface area (Å²) in [4.78, 5) is 4.39. The zero-order chi connectivity index (χ0) is 11.7. The SMILES string of the molecule is CCCNc1ccnc2ccc3cn[nH]c3c12. The van der Waals surface area contributed by atoms with Crippen molar-refractivity contribution in [3.63, 3.8) is 0 Å². The van der Waals surface area contributed by atoms with Gasteiger partial charge in [0.1, 0.15) is 0 Å². The third-order valence-electron chi connectivity index (χ3n) is 2.89. The summed E-state index contributed by atoms with van der Waals surface area (Å²) < 4.78 is 0. The van der Waals surface area contributed by atoms with Gasteiger partial charge in [-0.3, -0.25) is 10.1 Å². The number of aromatic nitrogens is 3. The topological polar surface area (TPSA) is 53.6 Å². The average molecular weight is 226 g/mol. The molecule has 4 heteroatoms. The second-order valence-corrected chi connectivity index (χ2v) is 4.08. The molecule has 0 spiro atoms. The molecule has 0 amide bonds. The molecule has 0 unspecified atom stereocenters. The van der Waals surface area contributed by atoms with Crippen LogP contribution >= 0.6 is 0 Å². The highest BCUT2D eigenvalue weighted by Crippen LogP contribution is 2.28. The lowest BCUT2D eigenvalue weighted by molar-refractivity contribution is 0.981. The fourth-order valence-electron chi connectivity index (χ4n) is 2.06. The van der Waals surface area contributed by atoms with Crippen LogP contribution in [0.2, 0.25) is 0 Å². The molecule has 0 saturated carbocycles. The van der Waals surface area contributed by atoms with E-state index in [9.17, 15) is 0 Å². The number of hydrogen-bond acceptors (Lipinski definition) is 3. The highest BCUT2D eigenvalue weighted by atomic mass is 15.1. The second-order valence-electron chi connectivity index (χ2n) is 4.08. The van der Waals surface area contributed by atoms with Gasteiger partial charge in [0.15, 0.2) is 0 Å². The Morgan fingerprint density at radius 1 is 1.29 bits per heavy atom. The number of anilines is 1. The molecule has 4 nitrogen and oxygen atoms in total. The van der Waals surface area contributed by atoms with Crippen LogP contribution in [0.1, 0.15) is 13.3 Å². The maximum Gasteiger partial charge on any atom is 0.0765 e. The van der Waals surface area contributed by atoms with Crippen LogP contribution < -0.4 is 5.32 Å². The molecule has 2 N–H and O–H groups in total. The fraction of sp³-hybridized carbons (Fsp3) is 0.231. The molecule has 2 heterocycles. The Labute approximate surface area is 99.1 Å². The van der Waals surface area contributed by atoms with Crippen molar-refractivity contribution in [2.45, 2.75) is 13.3 Å².